The number of nitrogens with one attached hydrogen (secondary N) is 2. The van der Waals surface area contributed by atoms with Crippen LogP contribution in [0.5, 0.6) is 5.88 Å². The molecule has 11 heteroatoms. The van der Waals surface area contributed by atoms with E-state index in [0.29, 0.717) is 22.8 Å². The maximum Gasteiger partial charge on any atom is 0.422 e. The van der Waals surface area contributed by atoms with Crippen molar-refractivity contribution in [3.05, 3.63) is 59.9 Å². The van der Waals surface area contributed by atoms with Crippen molar-refractivity contribution in [1.29, 1.82) is 0 Å². The van der Waals surface area contributed by atoms with Crippen LogP contribution in [0.25, 0.3) is 10.9 Å². The molecule has 4 rings (SSSR count). The Morgan fingerprint density at radius 1 is 1.28 bits per heavy atom. The summed E-state index contributed by atoms with van der Waals surface area (Å²) in [4.78, 5) is 34.2. The van der Waals surface area contributed by atoms with Gasteiger partial charge in [-0.2, -0.15) is 13.2 Å². The SMILES string of the molecule is O=C(NCc1ccnc(OCC(F)(F)F)c1)[C@@H]1CSCN1C(=O)c1c[nH]c2ccccc12. The van der Waals surface area contributed by atoms with Gasteiger partial charge in [0.2, 0.25) is 11.8 Å². The lowest BCUT2D eigenvalue weighted by molar-refractivity contribution is -0.154. The number of hydrogen-bond donors (Lipinski definition) is 2. The predicted octanol–water partition coefficient (Wildman–Crippen LogP) is 3.34. The van der Waals surface area contributed by atoms with Crippen molar-refractivity contribution in [2.24, 2.45) is 0 Å². The van der Waals surface area contributed by atoms with Gasteiger partial charge in [0, 0.05) is 41.7 Å². The second-order valence-electron chi connectivity index (χ2n) is 7.16. The number of amides is 2. The highest BCUT2D eigenvalue weighted by molar-refractivity contribution is 7.99. The molecule has 0 aliphatic carbocycles. The zero-order chi connectivity index (χ0) is 22.7. The maximum absolute atomic E-state index is 13.1. The number of nitrogens with zero attached hydrogens (tertiary/aromatic N) is 2. The molecule has 3 heterocycles. The lowest BCUT2D eigenvalue weighted by atomic mass is 10.1. The molecule has 0 saturated carbocycles. The summed E-state index contributed by atoms with van der Waals surface area (Å²) in [5, 5.41) is 3.54. The molecule has 1 fully saturated rings. The molecule has 1 saturated heterocycles. The quantitative estimate of drug-likeness (QED) is 0.585. The summed E-state index contributed by atoms with van der Waals surface area (Å²) in [6.07, 6.45) is -1.51. The smallest absolute Gasteiger partial charge is 0.422 e. The number of aromatic nitrogens is 2. The molecule has 0 spiro atoms. The van der Waals surface area contributed by atoms with E-state index in [1.807, 2.05) is 24.3 Å². The summed E-state index contributed by atoms with van der Waals surface area (Å²) in [6, 6.07) is 9.69. The molecule has 2 aromatic heterocycles. The minimum absolute atomic E-state index is 0.0695. The Morgan fingerprint density at radius 2 is 2.09 bits per heavy atom. The van der Waals surface area contributed by atoms with Crippen LogP contribution in [0, 0.1) is 0 Å². The average molecular weight is 464 g/mol. The van der Waals surface area contributed by atoms with E-state index in [0.717, 1.165) is 10.9 Å². The molecule has 2 amide bonds. The Morgan fingerprint density at radius 3 is 2.91 bits per heavy atom. The third kappa shape index (κ3) is 4.98. The number of fused-ring (bicyclic) bond motifs is 1. The Balaban J connectivity index is 1.39. The van der Waals surface area contributed by atoms with Gasteiger partial charge in [0.25, 0.3) is 5.91 Å². The molecule has 1 atom stereocenters. The van der Waals surface area contributed by atoms with Gasteiger partial charge in [-0.1, -0.05) is 18.2 Å². The van der Waals surface area contributed by atoms with Gasteiger partial charge >= 0.3 is 6.18 Å². The first kappa shape index (κ1) is 22.0. The van der Waals surface area contributed by atoms with Crippen LogP contribution in [0.1, 0.15) is 15.9 Å². The standard InChI is InChI=1S/C21H19F3N4O3S/c22-21(23,24)11-31-18-7-13(5-6-25-18)8-27-19(29)17-10-32-12-28(17)20(30)15-9-26-16-4-2-1-3-14(15)16/h1-7,9,17,26H,8,10-12H2,(H,27,29)/t17-/m0/s1. The average Bonchev–Trinajstić information content (AvgIpc) is 3.43. The van der Waals surface area contributed by atoms with Gasteiger partial charge in [-0.05, 0) is 17.7 Å². The van der Waals surface area contributed by atoms with Gasteiger partial charge in [0.1, 0.15) is 6.04 Å². The molecular weight excluding hydrogens is 445 g/mol. The molecule has 3 aromatic rings. The minimum atomic E-state index is -4.47. The van der Waals surface area contributed by atoms with E-state index in [1.165, 1.54) is 28.9 Å². The minimum Gasteiger partial charge on any atom is -0.468 e. The van der Waals surface area contributed by atoms with Crippen LogP contribution in [0.2, 0.25) is 0 Å². The molecule has 1 aromatic carbocycles. The maximum atomic E-state index is 13.1. The monoisotopic (exact) mass is 464 g/mol. The summed E-state index contributed by atoms with van der Waals surface area (Å²) in [5.74, 6) is 0.0934. The van der Waals surface area contributed by atoms with E-state index >= 15 is 0 Å². The first-order valence-electron chi connectivity index (χ1n) is 9.69. The zero-order valence-corrected chi connectivity index (χ0v) is 17.5. The van der Waals surface area contributed by atoms with Gasteiger partial charge in [0.05, 0.1) is 11.4 Å². The number of carbonyl (C=O) groups is 2. The molecule has 0 unspecified atom stereocenters. The van der Waals surface area contributed by atoms with Crippen molar-refractivity contribution in [1.82, 2.24) is 20.2 Å². The normalized spacial score (nSPS) is 16.3. The molecule has 2 N–H and O–H groups in total. The van der Waals surface area contributed by atoms with E-state index in [1.54, 1.807) is 12.3 Å². The fourth-order valence-electron chi connectivity index (χ4n) is 3.37. The van der Waals surface area contributed by atoms with E-state index in [9.17, 15) is 22.8 Å². The van der Waals surface area contributed by atoms with Gasteiger partial charge < -0.3 is 19.9 Å². The highest BCUT2D eigenvalue weighted by Crippen LogP contribution is 2.26. The number of carbonyl (C=O) groups excluding carboxylic acids is 2. The van der Waals surface area contributed by atoms with E-state index in [2.05, 4.69) is 20.0 Å². The Bertz CT molecular complexity index is 1130. The third-order valence-corrected chi connectivity index (χ3v) is 5.93. The highest BCUT2D eigenvalue weighted by Gasteiger charge is 2.35. The van der Waals surface area contributed by atoms with Crippen LogP contribution in [-0.4, -0.2) is 57.1 Å². The molecule has 168 valence electrons. The molecule has 0 bridgehead atoms. The number of thioether (sulfide) groups is 1. The highest BCUT2D eigenvalue weighted by atomic mass is 32.2. The lowest BCUT2D eigenvalue weighted by Crippen LogP contribution is -2.47. The number of rotatable bonds is 6. The number of para-hydroxylation sites is 1. The third-order valence-electron chi connectivity index (χ3n) is 4.92. The van der Waals surface area contributed by atoms with Crippen molar-refractivity contribution in [3.63, 3.8) is 0 Å². The topological polar surface area (TPSA) is 87.3 Å². The van der Waals surface area contributed by atoms with Crippen molar-refractivity contribution >= 4 is 34.5 Å². The van der Waals surface area contributed by atoms with Crippen molar-refractivity contribution < 1.29 is 27.5 Å². The van der Waals surface area contributed by atoms with Crippen molar-refractivity contribution in [3.8, 4) is 5.88 Å². The fourth-order valence-corrected chi connectivity index (χ4v) is 4.52. The van der Waals surface area contributed by atoms with Gasteiger partial charge in [0.15, 0.2) is 6.61 Å². The zero-order valence-electron chi connectivity index (χ0n) is 16.7. The van der Waals surface area contributed by atoms with Crippen LogP contribution in [0.15, 0.2) is 48.8 Å². The van der Waals surface area contributed by atoms with Gasteiger partial charge in [-0.25, -0.2) is 4.98 Å². The molecular formula is C21H19F3N4O3S. The van der Waals surface area contributed by atoms with Crippen molar-refractivity contribution in [2.75, 3.05) is 18.2 Å². The molecule has 1 aliphatic rings. The number of aromatic amines is 1. The Kier molecular flexibility index (Phi) is 6.26. The molecule has 0 radical (unpaired) electrons. The first-order valence-corrected chi connectivity index (χ1v) is 10.8. The molecule has 1 aliphatic heterocycles. The largest absolute Gasteiger partial charge is 0.468 e. The van der Waals surface area contributed by atoms with Gasteiger partial charge in [-0.15, -0.1) is 11.8 Å². The van der Waals surface area contributed by atoms with Crippen LogP contribution < -0.4 is 10.1 Å². The van der Waals surface area contributed by atoms with Crippen LogP contribution in [-0.2, 0) is 11.3 Å². The second kappa shape index (κ2) is 9.11. The van der Waals surface area contributed by atoms with E-state index in [4.69, 9.17) is 0 Å². The summed E-state index contributed by atoms with van der Waals surface area (Å²) < 4.78 is 41.6. The number of halogens is 3. The summed E-state index contributed by atoms with van der Waals surface area (Å²) in [6.45, 7) is -1.37. The predicted molar refractivity (Wildman–Crippen MR) is 113 cm³/mol. The summed E-state index contributed by atoms with van der Waals surface area (Å²) in [5.41, 5.74) is 1.87. The van der Waals surface area contributed by atoms with Crippen molar-refractivity contribution in [2.45, 2.75) is 18.8 Å². The molecule has 32 heavy (non-hydrogen) atoms. The summed E-state index contributed by atoms with van der Waals surface area (Å²) >= 11 is 1.48. The van der Waals surface area contributed by atoms with Crippen LogP contribution in [0.3, 0.4) is 0 Å². The van der Waals surface area contributed by atoms with E-state index < -0.39 is 18.8 Å². The van der Waals surface area contributed by atoms with Crippen LogP contribution in [0.4, 0.5) is 13.2 Å². The Hall–Kier alpha value is -3.21. The van der Waals surface area contributed by atoms with Crippen LogP contribution >= 0.6 is 11.8 Å². The first-order chi connectivity index (χ1) is 15.3. The fraction of sp³-hybridized carbons (Fsp3) is 0.286. The van der Waals surface area contributed by atoms with E-state index in [-0.39, 0.29) is 24.2 Å². The second-order valence-corrected chi connectivity index (χ2v) is 8.16. The molecule has 7 nitrogen and oxygen atoms in total. The summed E-state index contributed by atoms with van der Waals surface area (Å²) in [7, 11) is 0. The number of benzene rings is 1. The lowest BCUT2D eigenvalue weighted by Gasteiger charge is -2.23. The number of alkyl halides is 3. The number of ether oxygens (including phenoxy) is 1. The number of H-pyrrole nitrogens is 1. The Labute approximate surface area is 185 Å². The number of hydrogen-bond acceptors (Lipinski definition) is 5. The van der Waals surface area contributed by atoms with Gasteiger partial charge in [-0.3, -0.25) is 9.59 Å². The number of pyridine rings is 1.